The molecule has 1 aliphatic rings. The molecule has 1 aliphatic heterocycles. The second-order valence-corrected chi connectivity index (χ2v) is 6.06. The van der Waals surface area contributed by atoms with Gasteiger partial charge in [0.1, 0.15) is 23.9 Å². The highest BCUT2D eigenvalue weighted by molar-refractivity contribution is 5.91. The van der Waals surface area contributed by atoms with Crippen molar-refractivity contribution in [1.29, 1.82) is 0 Å². The minimum absolute atomic E-state index is 0. The van der Waals surface area contributed by atoms with Gasteiger partial charge >= 0.3 is 0 Å². The lowest BCUT2D eigenvalue weighted by Gasteiger charge is -2.29. The average Bonchev–Trinajstić information content (AvgIpc) is 3.06. The van der Waals surface area contributed by atoms with E-state index in [1.165, 1.54) is 12.1 Å². The molecule has 1 aromatic carbocycles. The van der Waals surface area contributed by atoms with Crippen molar-refractivity contribution in [3.05, 3.63) is 53.7 Å². The SMILES string of the molecule is CC1CCNCC1NC(=O)c1ccc(COc2ccc(F)cc2)o1.Cl. The van der Waals surface area contributed by atoms with Gasteiger partial charge in [0.15, 0.2) is 5.76 Å². The molecule has 1 aromatic heterocycles. The van der Waals surface area contributed by atoms with Gasteiger partial charge in [0.05, 0.1) is 0 Å². The number of amides is 1. The maximum Gasteiger partial charge on any atom is 0.287 e. The van der Waals surface area contributed by atoms with Crippen LogP contribution in [0.4, 0.5) is 4.39 Å². The summed E-state index contributed by atoms with van der Waals surface area (Å²) in [6.07, 6.45) is 1.04. The standard InChI is InChI=1S/C18H21FN2O3.ClH/c1-12-8-9-20-10-16(12)21-18(22)17-7-6-15(24-17)11-23-14-4-2-13(19)3-5-14;/h2-7,12,16,20H,8-11H2,1H3,(H,21,22);1H. The summed E-state index contributed by atoms with van der Waals surface area (Å²) in [5.41, 5.74) is 0. The first-order valence-electron chi connectivity index (χ1n) is 8.10. The van der Waals surface area contributed by atoms with Gasteiger partial charge in [-0.2, -0.15) is 0 Å². The highest BCUT2D eigenvalue weighted by Crippen LogP contribution is 2.16. The van der Waals surface area contributed by atoms with E-state index in [1.54, 1.807) is 24.3 Å². The fourth-order valence-corrected chi connectivity index (χ4v) is 2.69. The summed E-state index contributed by atoms with van der Waals surface area (Å²) in [7, 11) is 0. The third kappa shape index (κ3) is 5.21. The van der Waals surface area contributed by atoms with Crippen molar-refractivity contribution in [2.75, 3.05) is 13.1 Å². The molecular formula is C18H22ClFN2O3. The highest BCUT2D eigenvalue weighted by atomic mass is 35.5. The Labute approximate surface area is 152 Å². The van der Waals surface area contributed by atoms with E-state index in [9.17, 15) is 9.18 Å². The Hall–Kier alpha value is -2.05. The third-order valence-corrected chi connectivity index (χ3v) is 4.22. The fraction of sp³-hybridized carbons (Fsp3) is 0.389. The van der Waals surface area contributed by atoms with E-state index in [0.29, 0.717) is 17.4 Å². The summed E-state index contributed by atoms with van der Waals surface area (Å²) in [6, 6.07) is 9.20. The normalized spacial score (nSPS) is 19.8. The molecule has 0 aliphatic carbocycles. The summed E-state index contributed by atoms with van der Waals surface area (Å²) in [5, 5.41) is 6.28. The molecule has 1 amide bonds. The Morgan fingerprint density at radius 3 is 2.80 bits per heavy atom. The van der Waals surface area contributed by atoms with Crippen LogP contribution in [0.15, 0.2) is 40.8 Å². The van der Waals surface area contributed by atoms with E-state index >= 15 is 0 Å². The van der Waals surface area contributed by atoms with E-state index in [-0.39, 0.29) is 42.5 Å². The number of hydrogen-bond donors (Lipinski definition) is 2. The van der Waals surface area contributed by atoms with E-state index in [1.807, 2.05) is 0 Å². The predicted octanol–water partition coefficient (Wildman–Crippen LogP) is 3.15. The number of halogens is 2. The summed E-state index contributed by atoms with van der Waals surface area (Å²) in [4.78, 5) is 12.3. The predicted molar refractivity (Wildman–Crippen MR) is 94.6 cm³/mol. The number of carbonyl (C=O) groups is 1. The molecule has 1 fully saturated rings. The van der Waals surface area contributed by atoms with Crippen molar-refractivity contribution in [1.82, 2.24) is 10.6 Å². The number of ether oxygens (including phenoxy) is 1. The molecule has 3 rings (SSSR count). The highest BCUT2D eigenvalue weighted by Gasteiger charge is 2.24. The van der Waals surface area contributed by atoms with Crippen molar-refractivity contribution < 1.29 is 18.3 Å². The first-order chi connectivity index (χ1) is 11.6. The molecule has 25 heavy (non-hydrogen) atoms. The topological polar surface area (TPSA) is 63.5 Å². The number of carbonyl (C=O) groups excluding carboxylic acids is 1. The van der Waals surface area contributed by atoms with Crippen molar-refractivity contribution in [3.63, 3.8) is 0 Å². The number of benzene rings is 1. The number of rotatable bonds is 5. The Balaban J connectivity index is 0.00000225. The molecule has 0 saturated carbocycles. The van der Waals surface area contributed by atoms with Gasteiger partial charge in [0.2, 0.25) is 0 Å². The molecule has 1 saturated heterocycles. The Kier molecular flexibility index (Phi) is 6.84. The maximum absolute atomic E-state index is 12.8. The molecule has 136 valence electrons. The van der Waals surface area contributed by atoms with Crippen LogP contribution in [0.1, 0.15) is 29.7 Å². The molecule has 2 N–H and O–H groups in total. The van der Waals surface area contributed by atoms with Crippen molar-refractivity contribution in [2.24, 2.45) is 5.92 Å². The van der Waals surface area contributed by atoms with E-state index in [0.717, 1.165) is 19.5 Å². The molecule has 2 unspecified atom stereocenters. The van der Waals surface area contributed by atoms with Crippen LogP contribution in [0.2, 0.25) is 0 Å². The minimum atomic E-state index is -0.314. The average molecular weight is 369 g/mol. The van der Waals surface area contributed by atoms with Gasteiger partial charge in [-0.1, -0.05) is 6.92 Å². The summed E-state index contributed by atoms with van der Waals surface area (Å²) < 4.78 is 23.9. The molecule has 0 bridgehead atoms. The first-order valence-corrected chi connectivity index (χ1v) is 8.10. The summed E-state index contributed by atoms with van der Waals surface area (Å²) in [6.45, 7) is 4.07. The zero-order valence-electron chi connectivity index (χ0n) is 14.0. The molecule has 5 nitrogen and oxygen atoms in total. The molecule has 7 heteroatoms. The van der Waals surface area contributed by atoms with Gasteiger partial charge in [0.25, 0.3) is 5.91 Å². The van der Waals surface area contributed by atoms with Crippen LogP contribution in [0.3, 0.4) is 0 Å². The first kappa shape index (κ1) is 19.3. The lowest BCUT2D eigenvalue weighted by Crippen LogP contribution is -2.50. The largest absolute Gasteiger partial charge is 0.486 e. The summed E-state index contributed by atoms with van der Waals surface area (Å²) in [5.74, 6) is 1.26. The molecule has 2 aromatic rings. The summed E-state index contributed by atoms with van der Waals surface area (Å²) >= 11 is 0. The molecule has 0 radical (unpaired) electrons. The van der Waals surface area contributed by atoms with Crippen molar-refractivity contribution >= 4 is 18.3 Å². The number of nitrogens with one attached hydrogen (secondary N) is 2. The van der Waals surface area contributed by atoms with Gasteiger partial charge in [-0.15, -0.1) is 12.4 Å². The van der Waals surface area contributed by atoms with E-state index in [2.05, 4.69) is 17.6 Å². The molecule has 2 heterocycles. The van der Waals surface area contributed by atoms with E-state index in [4.69, 9.17) is 9.15 Å². The zero-order valence-corrected chi connectivity index (χ0v) is 14.8. The van der Waals surface area contributed by atoms with Gasteiger partial charge in [-0.3, -0.25) is 4.79 Å². The van der Waals surface area contributed by atoms with Crippen LogP contribution in [-0.4, -0.2) is 25.0 Å². The lowest BCUT2D eigenvalue weighted by atomic mass is 9.95. The monoisotopic (exact) mass is 368 g/mol. The molecule has 0 spiro atoms. The van der Waals surface area contributed by atoms with Crippen LogP contribution >= 0.6 is 12.4 Å². The van der Waals surface area contributed by atoms with Gasteiger partial charge in [-0.05, 0) is 55.3 Å². The van der Waals surface area contributed by atoms with Gasteiger partial charge in [0, 0.05) is 12.6 Å². The number of piperidine rings is 1. The minimum Gasteiger partial charge on any atom is -0.486 e. The van der Waals surface area contributed by atoms with Crippen LogP contribution in [0.5, 0.6) is 5.75 Å². The Morgan fingerprint density at radius 2 is 2.08 bits per heavy atom. The molecular weight excluding hydrogens is 347 g/mol. The second kappa shape index (κ2) is 8.87. The smallest absolute Gasteiger partial charge is 0.287 e. The zero-order chi connectivity index (χ0) is 16.9. The quantitative estimate of drug-likeness (QED) is 0.851. The second-order valence-electron chi connectivity index (χ2n) is 6.06. The van der Waals surface area contributed by atoms with E-state index < -0.39 is 0 Å². The van der Waals surface area contributed by atoms with Crippen LogP contribution < -0.4 is 15.4 Å². The molecule has 2 atom stereocenters. The van der Waals surface area contributed by atoms with Crippen LogP contribution in [-0.2, 0) is 6.61 Å². The van der Waals surface area contributed by atoms with Gasteiger partial charge < -0.3 is 19.8 Å². The lowest BCUT2D eigenvalue weighted by molar-refractivity contribution is 0.0883. The van der Waals surface area contributed by atoms with Gasteiger partial charge in [-0.25, -0.2) is 4.39 Å². The van der Waals surface area contributed by atoms with Crippen molar-refractivity contribution in [2.45, 2.75) is 26.0 Å². The fourth-order valence-electron chi connectivity index (χ4n) is 2.69. The van der Waals surface area contributed by atoms with Crippen molar-refractivity contribution in [3.8, 4) is 5.75 Å². The maximum atomic E-state index is 12.8. The third-order valence-electron chi connectivity index (χ3n) is 4.22. The van der Waals surface area contributed by atoms with Crippen LogP contribution in [0.25, 0.3) is 0 Å². The number of furan rings is 1. The van der Waals surface area contributed by atoms with Crippen LogP contribution in [0, 0.1) is 11.7 Å². The number of hydrogen-bond acceptors (Lipinski definition) is 4. The Bertz CT molecular complexity index is 690. The Morgan fingerprint density at radius 1 is 1.32 bits per heavy atom.